The second kappa shape index (κ2) is 4.91. The summed E-state index contributed by atoms with van der Waals surface area (Å²) in [5, 5.41) is 0.411. The van der Waals surface area contributed by atoms with Gasteiger partial charge in [-0.3, -0.25) is 4.90 Å². The first-order valence-electron chi connectivity index (χ1n) is 6.36. The molecule has 0 N–H and O–H groups in total. The molecule has 2 aliphatic rings. The topological polar surface area (TPSA) is 3.24 Å². The Labute approximate surface area is 116 Å². The second-order valence-corrected chi connectivity index (χ2v) is 6.79. The molecule has 92 valence electrons. The van der Waals surface area contributed by atoms with Crippen molar-refractivity contribution in [3.8, 4) is 0 Å². The van der Waals surface area contributed by atoms with Crippen LogP contribution >= 0.6 is 27.5 Å². The predicted octanol–water partition coefficient (Wildman–Crippen LogP) is 4.18. The van der Waals surface area contributed by atoms with E-state index < -0.39 is 0 Å². The van der Waals surface area contributed by atoms with Crippen molar-refractivity contribution in [2.75, 3.05) is 0 Å². The van der Waals surface area contributed by atoms with E-state index in [9.17, 15) is 0 Å². The number of nitrogens with zero attached hydrogens (tertiary/aromatic N) is 1. The summed E-state index contributed by atoms with van der Waals surface area (Å²) in [6.45, 7) is 1.09. The smallest absolute Gasteiger partial charge is 0.0365 e. The van der Waals surface area contributed by atoms with Gasteiger partial charge in [-0.25, -0.2) is 0 Å². The number of rotatable bonds is 2. The Morgan fingerprint density at radius 2 is 1.71 bits per heavy atom. The Hall–Kier alpha value is -0.0500. The molecule has 0 radical (unpaired) electrons. The Morgan fingerprint density at radius 1 is 1.12 bits per heavy atom. The van der Waals surface area contributed by atoms with Gasteiger partial charge in [0.15, 0.2) is 0 Å². The zero-order chi connectivity index (χ0) is 11.8. The van der Waals surface area contributed by atoms with E-state index >= 15 is 0 Å². The standard InChI is InChI=1S/C14H17BrClN/c15-11-3-1-10(2-4-11)9-17-13-5-6-14(17)8-12(16)7-13/h1-4,12-14H,5-9H2. The van der Waals surface area contributed by atoms with Gasteiger partial charge in [0.25, 0.3) is 0 Å². The summed E-state index contributed by atoms with van der Waals surface area (Å²) in [7, 11) is 0. The van der Waals surface area contributed by atoms with E-state index in [4.69, 9.17) is 11.6 Å². The fourth-order valence-corrected chi connectivity index (χ4v) is 3.94. The molecule has 1 aromatic carbocycles. The summed E-state index contributed by atoms with van der Waals surface area (Å²) < 4.78 is 1.16. The van der Waals surface area contributed by atoms with Crippen molar-refractivity contribution >= 4 is 27.5 Å². The summed E-state index contributed by atoms with van der Waals surface area (Å²) in [6.07, 6.45) is 5.03. The van der Waals surface area contributed by atoms with Crippen LogP contribution in [0.5, 0.6) is 0 Å². The molecule has 0 amide bonds. The SMILES string of the molecule is ClC1CC2CCC(C1)N2Cc1ccc(Br)cc1. The van der Waals surface area contributed by atoms with Gasteiger partial charge in [-0.15, -0.1) is 11.6 Å². The van der Waals surface area contributed by atoms with Crippen LogP contribution in [0.1, 0.15) is 31.2 Å². The van der Waals surface area contributed by atoms with Gasteiger partial charge in [-0.1, -0.05) is 28.1 Å². The zero-order valence-corrected chi connectivity index (χ0v) is 12.1. The van der Waals surface area contributed by atoms with Crippen LogP contribution in [0.15, 0.2) is 28.7 Å². The molecule has 2 atom stereocenters. The molecule has 2 unspecified atom stereocenters. The lowest BCUT2D eigenvalue weighted by molar-refractivity contribution is 0.134. The number of piperidine rings is 1. The van der Waals surface area contributed by atoms with Gasteiger partial charge in [0.1, 0.15) is 0 Å². The Balaban J connectivity index is 1.72. The summed E-state index contributed by atoms with van der Waals surface area (Å²) in [5.41, 5.74) is 1.41. The molecule has 0 aromatic heterocycles. The minimum atomic E-state index is 0.411. The van der Waals surface area contributed by atoms with Crippen LogP contribution in [0.4, 0.5) is 0 Å². The fourth-order valence-electron chi connectivity index (χ4n) is 3.27. The molecule has 0 spiro atoms. The highest BCUT2D eigenvalue weighted by molar-refractivity contribution is 9.10. The number of alkyl halides is 1. The summed E-state index contributed by atoms with van der Waals surface area (Å²) in [6, 6.07) is 10.1. The third-order valence-electron chi connectivity index (χ3n) is 4.11. The molecule has 3 rings (SSSR count). The van der Waals surface area contributed by atoms with Crippen molar-refractivity contribution in [2.45, 2.75) is 49.7 Å². The predicted molar refractivity (Wildman–Crippen MR) is 75.4 cm³/mol. The van der Waals surface area contributed by atoms with E-state index in [0.29, 0.717) is 5.38 Å². The Kier molecular flexibility index (Phi) is 3.47. The first-order chi connectivity index (χ1) is 8.22. The molecule has 0 aliphatic carbocycles. The van der Waals surface area contributed by atoms with Crippen molar-refractivity contribution in [1.29, 1.82) is 0 Å². The first kappa shape index (κ1) is 12.0. The maximum Gasteiger partial charge on any atom is 0.0365 e. The summed E-state index contributed by atoms with van der Waals surface area (Å²) >= 11 is 9.79. The first-order valence-corrected chi connectivity index (χ1v) is 7.59. The molecule has 2 aliphatic heterocycles. The van der Waals surface area contributed by atoms with Crippen LogP contribution in [0.2, 0.25) is 0 Å². The lowest BCUT2D eigenvalue weighted by Crippen LogP contribution is -2.42. The molecule has 17 heavy (non-hydrogen) atoms. The molecule has 3 heteroatoms. The van der Waals surface area contributed by atoms with Crippen LogP contribution in [-0.4, -0.2) is 22.4 Å². The quantitative estimate of drug-likeness (QED) is 0.740. The molecular weight excluding hydrogens is 298 g/mol. The van der Waals surface area contributed by atoms with Crippen molar-refractivity contribution < 1.29 is 0 Å². The highest BCUT2D eigenvalue weighted by Crippen LogP contribution is 2.38. The Bertz CT molecular complexity index is 378. The molecule has 2 saturated heterocycles. The number of hydrogen-bond donors (Lipinski definition) is 0. The fraction of sp³-hybridized carbons (Fsp3) is 0.571. The molecule has 1 nitrogen and oxygen atoms in total. The average Bonchev–Trinajstić information content (AvgIpc) is 2.56. The van der Waals surface area contributed by atoms with Crippen molar-refractivity contribution in [3.05, 3.63) is 34.3 Å². The number of hydrogen-bond acceptors (Lipinski definition) is 1. The summed E-state index contributed by atoms with van der Waals surface area (Å²) in [4.78, 5) is 2.67. The van der Waals surface area contributed by atoms with E-state index in [2.05, 4.69) is 45.1 Å². The lowest BCUT2D eigenvalue weighted by Gasteiger charge is -2.37. The van der Waals surface area contributed by atoms with E-state index in [1.54, 1.807) is 0 Å². The van der Waals surface area contributed by atoms with Gasteiger partial charge < -0.3 is 0 Å². The minimum Gasteiger partial charge on any atom is -0.293 e. The molecule has 2 fully saturated rings. The lowest BCUT2D eigenvalue weighted by atomic mass is 10.0. The van der Waals surface area contributed by atoms with Crippen molar-refractivity contribution in [3.63, 3.8) is 0 Å². The molecular formula is C14H17BrClN. The summed E-state index contributed by atoms with van der Waals surface area (Å²) in [5.74, 6) is 0. The van der Waals surface area contributed by atoms with Gasteiger partial charge in [0.05, 0.1) is 0 Å². The maximum absolute atomic E-state index is 6.30. The van der Waals surface area contributed by atoms with Gasteiger partial charge >= 0.3 is 0 Å². The van der Waals surface area contributed by atoms with Crippen LogP contribution in [0.25, 0.3) is 0 Å². The van der Waals surface area contributed by atoms with E-state index in [1.807, 2.05) is 0 Å². The minimum absolute atomic E-state index is 0.411. The van der Waals surface area contributed by atoms with Crippen LogP contribution in [0, 0.1) is 0 Å². The largest absolute Gasteiger partial charge is 0.293 e. The second-order valence-electron chi connectivity index (χ2n) is 5.25. The molecule has 2 bridgehead atoms. The highest BCUT2D eigenvalue weighted by Gasteiger charge is 2.39. The Morgan fingerprint density at radius 3 is 2.29 bits per heavy atom. The van der Waals surface area contributed by atoms with Crippen molar-refractivity contribution in [2.24, 2.45) is 0 Å². The van der Waals surface area contributed by atoms with E-state index in [-0.39, 0.29) is 0 Å². The average molecular weight is 315 g/mol. The number of benzene rings is 1. The van der Waals surface area contributed by atoms with Crippen molar-refractivity contribution in [1.82, 2.24) is 4.90 Å². The normalized spacial score (nSPS) is 32.9. The van der Waals surface area contributed by atoms with E-state index in [0.717, 1.165) is 23.1 Å². The van der Waals surface area contributed by atoms with Crippen LogP contribution < -0.4 is 0 Å². The van der Waals surface area contributed by atoms with Crippen LogP contribution in [0.3, 0.4) is 0 Å². The number of fused-ring (bicyclic) bond motifs is 2. The van der Waals surface area contributed by atoms with Gasteiger partial charge in [0, 0.05) is 28.5 Å². The van der Waals surface area contributed by atoms with Gasteiger partial charge in [-0.2, -0.15) is 0 Å². The third kappa shape index (κ3) is 2.54. The molecule has 1 aromatic rings. The maximum atomic E-state index is 6.30. The van der Waals surface area contributed by atoms with Crippen LogP contribution in [-0.2, 0) is 6.54 Å². The molecule has 2 heterocycles. The van der Waals surface area contributed by atoms with Gasteiger partial charge in [-0.05, 0) is 43.4 Å². The monoisotopic (exact) mass is 313 g/mol. The number of halogens is 2. The zero-order valence-electron chi connectivity index (χ0n) is 9.78. The van der Waals surface area contributed by atoms with Gasteiger partial charge in [0.2, 0.25) is 0 Å². The van der Waals surface area contributed by atoms with E-state index in [1.165, 1.54) is 31.2 Å². The third-order valence-corrected chi connectivity index (χ3v) is 4.99. The highest BCUT2D eigenvalue weighted by atomic mass is 79.9. The molecule has 0 saturated carbocycles.